The quantitative estimate of drug-likeness (QED) is 0.725. The molecule has 1 unspecified atom stereocenters. The minimum Gasteiger partial charge on any atom is -0.497 e. The van der Waals surface area contributed by atoms with Crippen molar-refractivity contribution in [2.45, 2.75) is 17.7 Å². The van der Waals surface area contributed by atoms with E-state index < -0.39 is 15.9 Å². The fourth-order valence-corrected chi connectivity index (χ4v) is 4.82. The highest BCUT2D eigenvalue weighted by atomic mass is 32.2. The first-order chi connectivity index (χ1) is 14.4. The third-order valence-electron chi connectivity index (χ3n) is 4.86. The smallest absolute Gasteiger partial charge is 0.243 e. The largest absolute Gasteiger partial charge is 0.497 e. The van der Waals surface area contributed by atoms with Crippen LogP contribution in [0.5, 0.6) is 11.5 Å². The Morgan fingerprint density at radius 2 is 2.00 bits per heavy atom. The van der Waals surface area contributed by atoms with Crippen LogP contribution in [0.25, 0.3) is 0 Å². The van der Waals surface area contributed by atoms with Crippen LogP contribution in [0.4, 0.5) is 5.69 Å². The van der Waals surface area contributed by atoms with E-state index in [2.05, 4.69) is 5.32 Å². The molecule has 1 saturated heterocycles. The van der Waals surface area contributed by atoms with Gasteiger partial charge in [0.1, 0.15) is 17.6 Å². The zero-order chi connectivity index (χ0) is 21.6. The first-order valence-corrected chi connectivity index (χ1v) is 10.9. The maximum Gasteiger partial charge on any atom is 0.243 e. The molecular weight excluding hydrogens is 406 g/mol. The number of anilines is 1. The highest BCUT2D eigenvalue weighted by molar-refractivity contribution is 7.89. The summed E-state index contributed by atoms with van der Waals surface area (Å²) in [5.41, 5.74) is 0.533. The Morgan fingerprint density at radius 1 is 1.23 bits per heavy atom. The molecule has 0 aliphatic carbocycles. The molecule has 30 heavy (non-hydrogen) atoms. The highest BCUT2D eigenvalue weighted by Crippen LogP contribution is 2.26. The number of ether oxygens (including phenoxy) is 2. The van der Waals surface area contributed by atoms with Gasteiger partial charge < -0.3 is 14.8 Å². The van der Waals surface area contributed by atoms with Gasteiger partial charge in [-0.2, -0.15) is 9.57 Å². The van der Waals surface area contributed by atoms with Crippen LogP contribution in [-0.4, -0.2) is 45.4 Å². The maximum absolute atomic E-state index is 13.0. The van der Waals surface area contributed by atoms with Crippen molar-refractivity contribution in [2.75, 3.05) is 32.1 Å². The summed E-state index contributed by atoms with van der Waals surface area (Å²) in [6, 6.07) is 14.8. The Balaban J connectivity index is 1.68. The third-order valence-corrected chi connectivity index (χ3v) is 6.74. The molecule has 1 fully saturated rings. The first kappa shape index (κ1) is 21.6. The number of amides is 1. The molecule has 0 radical (unpaired) electrons. The van der Waals surface area contributed by atoms with Crippen molar-refractivity contribution in [2.24, 2.45) is 5.92 Å². The fraction of sp³-hybridized carbons (Fsp3) is 0.333. The molecular formula is C21H23N3O5S. The van der Waals surface area contributed by atoms with Crippen molar-refractivity contribution in [3.8, 4) is 17.6 Å². The monoisotopic (exact) mass is 429 g/mol. The molecule has 9 heteroatoms. The number of carbonyl (C=O) groups is 1. The summed E-state index contributed by atoms with van der Waals surface area (Å²) in [5.74, 6) is 0.338. The lowest BCUT2D eigenvalue weighted by atomic mass is 9.98. The summed E-state index contributed by atoms with van der Waals surface area (Å²) in [6.07, 6.45) is 1.20. The topological polar surface area (TPSA) is 109 Å². The molecule has 0 spiro atoms. The molecule has 1 aliphatic heterocycles. The van der Waals surface area contributed by atoms with E-state index in [-0.39, 0.29) is 24.0 Å². The normalized spacial score (nSPS) is 17.0. The molecule has 158 valence electrons. The van der Waals surface area contributed by atoms with E-state index in [0.29, 0.717) is 36.6 Å². The lowest BCUT2D eigenvalue weighted by molar-refractivity contribution is -0.120. The predicted octanol–water partition coefficient (Wildman–Crippen LogP) is 2.64. The Hall–Kier alpha value is -3.09. The van der Waals surface area contributed by atoms with E-state index in [1.807, 2.05) is 6.07 Å². The van der Waals surface area contributed by atoms with Gasteiger partial charge in [-0.25, -0.2) is 8.42 Å². The Bertz CT molecular complexity index is 1030. The first-order valence-electron chi connectivity index (χ1n) is 9.49. The standard InChI is InChI=1S/C21H23N3O5S/c1-28-18-7-9-20(10-8-18)30(26,27)24-12-3-4-16(15-24)21(25)23-17-5-2-6-19(14-17)29-13-11-22/h2,5-10,14,16H,3-4,12-13,15H2,1H3,(H,23,25). The number of benzene rings is 2. The Kier molecular flexibility index (Phi) is 6.92. The number of nitrogens with one attached hydrogen (secondary N) is 1. The van der Waals surface area contributed by atoms with Gasteiger partial charge in [0.05, 0.1) is 17.9 Å². The lowest BCUT2D eigenvalue weighted by Crippen LogP contribution is -2.43. The van der Waals surface area contributed by atoms with Gasteiger partial charge in [0.2, 0.25) is 15.9 Å². The highest BCUT2D eigenvalue weighted by Gasteiger charge is 2.33. The number of hydrogen-bond acceptors (Lipinski definition) is 6. The molecule has 0 aromatic heterocycles. The number of hydrogen-bond donors (Lipinski definition) is 1. The van der Waals surface area contributed by atoms with Crippen LogP contribution < -0.4 is 14.8 Å². The third kappa shape index (κ3) is 5.09. The summed E-state index contributed by atoms with van der Waals surface area (Å²) >= 11 is 0. The lowest BCUT2D eigenvalue weighted by Gasteiger charge is -2.31. The molecule has 3 rings (SSSR count). The second-order valence-corrected chi connectivity index (χ2v) is 8.78. The fourth-order valence-electron chi connectivity index (χ4n) is 3.30. The van der Waals surface area contributed by atoms with Crippen molar-refractivity contribution in [3.63, 3.8) is 0 Å². The van der Waals surface area contributed by atoms with Crippen molar-refractivity contribution < 1.29 is 22.7 Å². The van der Waals surface area contributed by atoms with Crippen LogP contribution in [-0.2, 0) is 14.8 Å². The molecule has 1 heterocycles. The van der Waals surface area contributed by atoms with E-state index in [1.54, 1.807) is 36.4 Å². The van der Waals surface area contributed by atoms with Gasteiger partial charge in [0.15, 0.2) is 6.61 Å². The zero-order valence-corrected chi connectivity index (χ0v) is 17.4. The SMILES string of the molecule is COc1ccc(S(=O)(=O)N2CCCC(C(=O)Nc3cccc(OCC#N)c3)C2)cc1. The zero-order valence-electron chi connectivity index (χ0n) is 16.6. The van der Waals surface area contributed by atoms with Crippen LogP contribution in [0.1, 0.15) is 12.8 Å². The molecule has 1 aliphatic rings. The molecule has 8 nitrogen and oxygen atoms in total. The van der Waals surface area contributed by atoms with Crippen LogP contribution in [0.3, 0.4) is 0 Å². The maximum atomic E-state index is 13.0. The minimum absolute atomic E-state index is 0.0851. The molecule has 0 bridgehead atoms. The summed E-state index contributed by atoms with van der Waals surface area (Å²) in [7, 11) is -2.18. The van der Waals surface area contributed by atoms with Gasteiger partial charge in [-0.1, -0.05) is 6.07 Å². The number of nitriles is 1. The van der Waals surface area contributed by atoms with Crippen LogP contribution in [0.15, 0.2) is 53.4 Å². The summed E-state index contributed by atoms with van der Waals surface area (Å²) in [5, 5.41) is 11.4. The summed E-state index contributed by atoms with van der Waals surface area (Å²) in [6.45, 7) is 0.401. The van der Waals surface area contributed by atoms with Crippen molar-refractivity contribution in [3.05, 3.63) is 48.5 Å². The Morgan fingerprint density at radius 3 is 2.70 bits per heavy atom. The predicted molar refractivity (Wildman–Crippen MR) is 111 cm³/mol. The van der Waals surface area contributed by atoms with Crippen LogP contribution in [0, 0.1) is 17.2 Å². The molecule has 1 N–H and O–H groups in total. The second-order valence-electron chi connectivity index (χ2n) is 6.84. The van der Waals surface area contributed by atoms with E-state index in [0.717, 1.165) is 0 Å². The summed E-state index contributed by atoms with van der Waals surface area (Å²) in [4.78, 5) is 12.9. The average Bonchev–Trinajstić information content (AvgIpc) is 2.78. The molecule has 2 aromatic carbocycles. The van der Waals surface area contributed by atoms with Gasteiger partial charge >= 0.3 is 0 Å². The number of rotatable bonds is 7. The van der Waals surface area contributed by atoms with E-state index in [1.165, 1.54) is 23.5 Å². The molecule has 2 aromatic rings. The second kappa shape index (κ2) is 9.61. The van der Waals surface area contributed by atoms with Crippen molar-refractivity contribution in [1.82, 2.24) is 4.31 Å². The minimum atomic E-state index is -3.70. The van der Waals surface area contributed by atoms with E-state index in [9.17, 15) is 13.2 Å². The number of sulfonamides is 1. The molecule has 1 amide bonds. The average molecular weight is 429 g/mol. The van der Waals surface area contributed by atoms with E-state index in [4.69, 9.17) is 14.7 Å². The van der Waals surface area contributed by atoms with Gasteiger partial charge in [-0.3, -0.25) is 4.79 Å². The van der Waals surface area contributed by atoms with Crippen molar-refractivity contribution >= 4 is 21.6 Å². The van der Waals surface area contributed by atoms with Gasteiger partial charge in [0, 0.05) is 24.8 Å². The molecule has 1 atom stereocenters. The number of methoxy groups -OCH3 is 1. The summed E-state index contributed by atoms with van der Waals surface area (Å²) < 4.78 is 37.6. The van der Waals surface area contributed by atoms with Gasteiger partial charge in [0.25, 0.3) is 0 Å². The number of carbonyl (C=O) groups excluding carboxylic acids is 1. The molecule has 0 saturated carbocycles. The number of nitrogens with zero attached hydrogens (tertiary/aromatic N) is 2. The van der Waals surface area contributed by atoms with Crippen molar-refractivity contribution in [1.29, 1.82) is 5.26 Å². The van der Waals surface area contributed by atoms with Crippen LogP contribution >= 0.6 is 0 Å². The van der Waals surface area contributed by atoms with Gasteiger partial charge in [-0.15, -0.1) is 0 Å². The van der Waals surface area contributed by atoms with Gasteiger partial charge in [-0.05, 0) is 49.2 Å². The van der Waals surface area contributed by atoms with E-state index >= 15 is 0 Å². The number of piperidine rings is 1. The van der Waals surface area contributed by atoms with Crippen LogP contribution in [0.2, 0.25) is 0 Å². The Labute approximate surface area is 176 Å².